The number of hydrogen-bond acceptors (Lipinski definition) is 4. The van der Waals surface area contributed by atoms with Crippen LogP contribution in [0, 0.1) is 5.95 Å². The minimum atomic E-state index is -0.573. The van der Waals surface area contributed by atoms with Crippen molar-refractivity contribution in [3.05, 3.63) is 24.3 Å². The topological polar surface area (TPSA) is 63.2 Å². The van der Waals surface area contributed by atoms with Gasteiger partial charge in [0.2, 0.25) is 11.9 Å². The van der Waals surface area contributed by atoms with Crippen LogP contribution >= 0.6 is 0 Å². The van der Waals surface area contributed by atoms with Crippen molar-refractivity contribution >= 4 is 11.6 Å². The largest absolute Gasteiger partial charge is 0.383 e. The van der Waals surface area contributed by atoms with Crippen molar-refractivity contribution in [3.63, 3.8) is 0 Å². The van der Waals surface area contributed by atoms with Gasteiger partial charge < -0.3 is 15.4 Å². The number of carbonyl (C=O) groups is 1. The number of halogens is 1. The molecule has 0 spiro atoms. The fourth-order valence-electron chi connectivity index (χ4n) is 1.03. The summed E-state index contributed by atoms with van der Waals surface area (Å²) in [6.45, 7) is 1.33. The number of nitrogens with zero attached hydrogens (tertiary/aromatic N) is 1. The zero-order valence-corrected chi connectivity index (χ0v) is 9.00. The van der Waals surface area contributed by atoms with Gasteiger partial charge in [-0.05, 0) is 12.1 Å². The summed E-state index contributed by atoms with van der Waals surface area (Å²) in [5.74, 6) is -0.777. The maximum atomic E-state index is 12.5. The molecule has 88 valence electrons. The number of carbonyl (C=O) groups excluding carboxylic acids is 1. The summed E-state index contributed by atoms with van der Waals surface area (Å²) in [5.41, 5.74) is 0.472. The van der Waals surface area contributed by atoms with E-state index < -0.39 is 5.95 Å². The summed E-state index contributed by atoms with van der Waals surface area (Å²) in [6.07, 6.45) is 1.27. The number of rotatable bonds is 6. The second kappa shape index (κ2) is 6.86. The molecule has 0 saturated heterocycles. The molecule has 16 heavy (non-hydrogen) atoms. The number of hydrogen-bond donors (Lipinski definition) is 2. The van der Waals surface area contributed by atoms with Crippen LogP contribution in [0.25, 0.3) is 0 Å². The molecule has 0 aliphatic rings. The molecule has 2 N–H and O–H groups in total. The van der Waals surface area contributed by atoms with Gasteiger partial charge >= 0.3 is 0 Å². The molecule has 0 atom stereocenters. The molecule has 1 aromatic rings. The molecular weight excluding hydrogens is 213 g/mol. The first-order valence-electron chi connectivity index (χ1n) is 4.83. The van der Waals surface area contributed by atoms with E-state index in [1.165, 1.54) is 18.3 Å². The Balaban J connectivity index is 2.26. The summed E-state index contributed by atoms with van der Waals surface area (Å²) >= 11 is 0. The van der Waals surface area contributed by atoms with E-state index in [1.807, 2.05) is 0 Å². The number of ether oxygens (including phenoxy) is 1. The van der Waals surface area contributed by atoms with E-state index in [9.17, 15) is 9.18 Å². The van der Waals surface area contributed by atoms with E-state index in [0.29, 0.717) is 18.8 Å². The zero-order chi connectivity index (χ0) is 11.8. The lowest BCUT2D eigenvalue weighted by molar-refractivity contribution is -0.115. The third kappa shape index (κ3) is 4.81. The third-order valence-corrected chi connectivity index (χ3v) is 1.78. The van der Waals surface area contributed by atoms with Gasteiger partial charge in [0.1, 0.15) is 0 Å². The molecule has 1 rings (SSSR count). The van der Waals surface area contributed by atoms with Crippen LogP contribution in [0.5, 0.6) is 0 Å². The molecule has 0 fully saturated rings. The van der Waals surface area contributed by atoms with Crippen molar-refractivity contribution in [2.45, 2.75) is 0 Å². The second-order valence-electron chi connectivity index (χ2n) is 3.09. The smallest absolute Gasteiger partial charge is 0.238 e. The lowest BCUT2D eigenvalue weighted by Gasteiger charge is -2.05. The van der Waals surface area contributed by atoms with Gasteiger partial charge in [0.15, 0.2) is 0 Å². The summed E-state index contributed by atoms with van der Waals surface area (Å²) < 4.78 is 17.3. The van der Waals surface area contributed by atoms with E-state index in [2.05, 4.69) is 15.6 Å². The van der Waals surface area contributed by atoms with Crippen molar-refractivity contribution in [1.82, 2.24) is 10.3 Å². The number of aromatic nitrogens is 1. The Kier molecular flexibility index (Phi) is 5.38. The number of methoxy groups -OCH3 is 1. The quantitative estimate of drug-likeness (QED) is 0.545. The lowest BCUT2D eigenvalue weighted by atomic mass is 10.4. The fraction of sp³-hybridized carbons (Fsp3) is 0.400. The molecule has 1 heterocycles. The Morgan fingerprint density at radius 2 is 2.38 bits per heavy atom. The molecule has 0 bridgehead atoms. The highest BCUT2D eigenvalue weighted by atomic mass is 19.1. The van der Waals surface area contributed by atoms with Crippen LogP contribution in [-0.2, 0) is 9.53 Å². The van der Waals surface area contributed by atoms with Crippen LogP contribution in [0.3, 0.4) is 0 Å². The first kappa shape index (κ1) is 12.5. The highest BCUT2D eigenvalue weighted by molar-refractivity contribution is 5.91. The van der Waals surface area contributed by atoms with Gasteiger partial charge in [-0.3, -0.25) is 4.79 Å². The number of nitrogens with one attached hydrogen (secondary N) is 2. The molecule has 0 saturated carbocycles. The molecule has 0 radical (unpaired) electrons. The highest BCUT2D eigenvalue weighted by Crippen LogP contribution is 2.04. The molecule has 1 aromatic heterocycles. The standard InChI is InChI=1S/C10H14FN3O2/c1-16-5-4-12-7-10(15)14-8-2-3-9(11)13-6-8/h2-3,6,12H,4-5,7H2,1H3,(H,14,15). The Morgan fingerprint density at radius 3 is 3.00 bits per heavy atom. The van der Waals surface area contributed by atoms with Gasteiger partial charge in [0, 0.05) is 13.7 Å². The fourth-order valence-corrected chi connectivity index (χ4v) is 1.03. The van der Waals surface area contributed by atoms with Crippen LogP contribution < -0.4 is 10.6 Å². The average molecular weight is 227 g/mol. The Hall–Kier alpha value is -1.53. The first-order chi connectivity index (χ1) is 7.72. The van der Waals surface area contributed by atoms with Crippen LogP contribution in [0.15, 0.2) is 18.3 Å². The predicted octanol–water partition coefficient (Wildman–Crippen LogP) is 0.395. The maximum Gasteiger partial charge on any atom is 0.238 e. The van der Waals surface area contributed by atoms with E-state index >= 15 is 0 Å². The molecule has 5 nitrogen and oxygen atoms in total. The minimum absolute atomic E-state index is 0.181. The average Bonchev–Trinajstić information content (AvgIpc) is 2.28. The van der Waals surface area contributed by atoms with Gasteiger partial charge in [-0.1, -0.05) is 0 Å². The van der Waals surface area contributed by atoms with E-state index in [0.717, 1.165) is 0 Å². The van der Waals surface area contributed by atoms with Crippen molar-refractivity contribution < 1.29 is 13.9 Å². The number of pyridine rings is 1. The lowest BCUT2D eigenvalue weighted by Crippen LogP contribution is -2.30. The minimum Gasteiger partial charge on any atom is -0.383 e. The molecule has 0 aromatic carbocycles. The van der Waals surface area contributed by atoms with Gasteiger partial charge in [-0.2, -0.15) is 4.39 Å². The summed E-state index contributed by atoms with van der Waals surface area (Å²) in [5, 5.41) is 5.46. The Labute approximate surface area is 93.0 Å². The maximum absolute atomic E-state index is 12.5. The van der Waals surface area contributed by atoms with E-state index in [4.69, 9.17) is 4.74 Å². The molecular formula is C10H14FN3O2. The van der Waals surface area contributed by atoms with Crippen molar-refractivity contribution in [1.29, 1.82) is 0 Å². The summed E-state index contributed by atoms with van der Waals surface area (Å²) in [4.78, 5) is 14.7. The molecule has 1 amide bonds. The van der Waals surface area contributed by atoms with Crippen LogP contribution in [0.4, 0.5) is 10.1 Å². The number of amides is 1. The second-order valence-corrected chi connectivity index (χ2v) is 3.09. The van der Waals surface area contributed by atoms with Crippen molar-refractivity contribution in [3.8, 4) is 0 Å². The Bertz CT molecular complexity index is 329. The molecule has 0 aliphatic carbocycles. The van der Waals surface area contributed by atoms with Crippen molar-refractivity contribution in [2.24, 2.45) is 0 Å². The predicted molar refractivity (Wildman–Crippen MR) is 57.6 cm³/mol. The SMILES string of the molecule is COCCNCC(=O)Nc1ccc(F)nc1. The molecule has 0 aliphatic heterocycles. The molecule has 6 heteroatoms. The van der Waals surface area contributed by atoms with Gasteiger partial charge in [0.05, 0.1) is 25.0 Å². The first-order valence-corrected chi connectivity index (χ1v) is 4.83. The number of anilines is 1. The van der Waals surface area contributed by atoms with Gasteiger partial charge in [0.25, 0.3) is 0 Å². The normalized spacial score (nSPS) is 10.1. The van der Waals surface area contributed by atoms with E-state index in [-0.39, 0.29) is 12.5 Å². The van der Waals surface area contributed by atoms with Crippen LogP contribution in [0.2, 0.25) is 0 Å². The third-order valence-electron chi connectivity index (χ3n) is 1.78. The monoisotopic (exact) mass is 227 g/mol. The highest BCUT2D eigenvalue weighted by Gasteiger charge is 2.01. The Morgan fingerprint density at radius 1 is 1.56 bits per heavy atom. The van der Waals surface area contributed by atoms with E-state index in [1.54, 1.807) is 7.11 Å². The van der Waals surface area contributed by atoms with Gasteiger partial charge in [-0.15, -0.1) is 0 Å². The summed E-state index contributed by atoms with van der Waals surface area (Å²) in [7, 11) is 1.59. The van der Waals surface area contributed by atoms with Crippen LogP contribution in [0.1, 0.15) is 0 Å². The zero-order valence-electron chi connectivity index (χ0n) is 9.00. The van der Waals surface area contributed by atoms with Crippen LogP contribution in [-0.4, -0.2) is 37.7 Å². The van der Waals surface area contributed by atoms with Gasteiger partial charge in [-0.25, -0.2) is 4.98 Å². The molecule has 0 unspecified atom stereocenters. The summed E-state index contributed by atoms with van der Waals surface area (Å²) in [6, 6.07) is 2.64. The van der Waals surface area contributed by atoms with Crippen molar-refractivity contribution in [2.75, 3.05) is 32.1 Å².